The zero-order chi connectivity index (χ0) is 14.3. The molecule has 104 valence electrons. The van der Waals surface area contributed by atoms with Crippen molar-refractivity contribution in [1.29, 1.82) is 0 Å². The van der Waals surface area contributed by atoms with Crippen molar-refractivity contribution in [3.8, 4) is 0 Å². The van der Waals surface area contributed by atoms with Crippen molar-refractivity contribution < 1.29 is 19.4 Å². The number of nitrogens with zero attached hydrogens (tertiary/aromatic N) is 1. The fourth-order valence-corrected chi connectivity index (χ4v) is 1.79. The summed E-state index contributed by atoms with van der Waals surface area (Å²) in [6, 6.07) is 6.68. The molecule has 1 N–H and O–H groups in total. The molecular formula is C14H19NO4. The van der Waals surface area contributed by atoms with Crippen LogP contribution in [0, 0.1) is 0 Å². The van der Waals surface area contributed by atoms with Gasteiger partial charge in [0, 0.05) is 13.1 Å². The number of rotatable bonds is 6. The van der Waals surface area contributed by atoms with Gasteiger partial charge >= 0.3 is 12.1 Å². The Balaban J connectivity index is 2.90. The molecule has 0 saturated carbocycles. The van der Waals surface area contributed by atoms with Gasteiger partial charge in [-0.05, 0) is 25.0 Å². The molecule has 5 heteroatoms. The van der Waals surface area contributed by atoms with Gasteiger partial charge in [0.1, 0.15) is 0 Å². The second kappa shape index (κ2) is 7.41. The third kappa shape index (κ3) is 4.28. The highest BCUT2D eigenvalue weighted by molar-refractivity contribution is 5.89. The number of amides is 1. The molecule has 0 heterocycles. The van der Waals surface area contributed by atoms with Gasteiger partial charge in [-0.15, -0.1) is 0 Å². The summed E-state index contributed by atoms with van der Waals surface area (Å²) in [6.45, 7) is 4.78. The number of hydrogen-bond acceptors (Lipinski definition) is 3. The molecule has 0 atom stereocenters. The van der Waals surface area contributed by atoms with Crippen LogP contribution >= 0.6 is 0 Å². The number of carbonyl (C=O) groups is 2. The first-order valence-corrected chi connectivity index (χ1v) is 6.33. The van der Waals surface area contributed by atoms with Crippen molar-refractivity contribution in [3.63, 3.8) is 0 Å². The first-order chi connectivity index (χ1) is 9.10. The molecule has 0 fully saturated rings. The van der Waals surface area contributed by atoms with E-state index in [4.69, 9.17) is 9.84 Å². The summed E-state index contributed by atoms with van der Waals surface area (Å²) in [5.74, 6) is -0.990. The third-order valence-corrected chi connectivity index (χ3v) is 2.63. The van der Waals surface area contributed by atoms with Crippen LogP contribution in [-0.2, 0) is 11.3 Å². The Morgan fingerprint density at radius 2 is 1.95 bits per heavy atom. The number of aromatic carboxylic acids is 1. The van der Waals surface area contributed by atoms with Crippen LogP contribution in [0.15, 0.2) is 24.3 Å². The minimum atomic E-state index is -0.990. The second-order valence-corrected chi connectivity index (χ2v) is 4.08. The number of carbonyl (C=O) groups excluding carboxylic acids is 1. The number of hydrogen-bond donors (Lipinski definition) is 1. The smallest absolute Gasteiger partial charge is 0.410 e. The number of ether oxygens (including phenoxy) is 1. The molecule has 0 aromatic heterocycles. The maximum absolute atomic E-state index is 11.8. The van der Waals surface area contributed by atoms with E-state index in [1.165, 1.54) is 11.0 Å². The minimum absolute atomic E-state index is 0.216. The molecule has 5 nitrogen and oxygen atoms in total. The topological polar surface area (TPSA) is 66.8 Å². The van der Waals surface area contributed by atoms with E-state index in [0.717, 1.165) is 6.42 Å². The lowest BCUT2D eigenvalue weighted by Gasteiger charge is -2.22. The van der Waals surface area contributed by atoms with Crippen molar-refractivity contribution in [3.05, 3.63) is 35.4 Å². The minimum Gasteiger partial charge on any atom is -0.478 e. The van der Waals surface area contributed by atoms with Crippen LogP contribution in [-0.4, -0.2) is 35.2 Å². The Bertz CT molecular complexity index is 445. The lowest BCUT2D eigenvalue weighted by atomic mass is 10.1. The summed E-state index contributed by atoms with van der Waals surface area (Å²) in [6.07, 6.45) is 0.373. The van der Waals surface area contributed by atoms with Crippen molar-refractivity contribution >= 4 is 12.1 Å². The van der Waals surface area contributed by atoms with Gasteiger partial charge in [-0.3, -0.25) is 0 Å². The van der Waals surface area contributed by atoms with Crippen molar-refractivity contribution in [2.75, 3.05) is 13.2 Å². The molecule has 1 rings (SSSR count). The monoisotopic (exact) mass is 265 g/mol. The molecule has 0 aliphatic heterocycles. The quantitative estimate of drug-likeness (QED) is 0.858. The normalized spacial score (nSPS) is 10.0. The predicted octanol–water partition coefficient (Wildman–Crippen LogP) is 2.75. The maximum atomic E-state index is 11.8. The first kappa shape index (κ1) is 15.0. The molecule has 1 aromatic rings. The van der Waals surface area contributed by atoms with Crippen LogP contribution < -0.4 is 0 Å². The molecular weight excluding hydrogens is 246 g/mol. The van der Waals surface area contributed by atoms with Gasteiger partial charge in [0.25, 0.3) is 0 Å². The van der Waals surface area contributed by atoms with Crippen LogP contribution in [0.1, 0.15) is 36.2 Å². The fourth-order valence-electron chi connectivity index (χ4n) is 1.79. The molecule has 0 bridgehead atoms. The Morgan fingerprint density at radius 3 is 2.53 bits per heavy atom. The molecule has 0 aliphatic rings. The summed E-state index contributed by atoms with van der Waals surface area (Å²) in [5.41, 5.74) is 0.824. The summed E-state index contributed by atoms with van der Waals surface area (Å²) < 4.78 is 4.97. The third-order valence-electron chi connectivity index (χ3n) is 2.63. The van der Waals surface area contributed by atoms with E-state index in [0.29, 0.717) is 18.7 Å². The molecule has 0 radical (unpaired) electrons. The largest absolute Gasteiger partial charge is 0.478 e. The zero-order valence-electron chi connectivity index (χ0n) is 11.3. The summed E-state index contributed by atoms with van der Waals surface area (Å²) >= 11 is 0. The highest BCUT2D eigenvalue weighted by Crippen LogP contribution is 2.13. The Labute approximate surface area is 112 Å². The first-order valence-electron chi connectivity index (χ1n) is 6.33. The molecule has 0 saturated heterocycles. The lowest BCUT2D eigenvalue weighted by molar-refractivity contribution is 0.0691. The molecule has 1 amide bonds. The summed E-state index contributed by atoms with van der Waals surface area (Å²) in [7, 11) is 0. The predicted molar refractivity (Wildman–Crippen MR) is 71.1 cm³/mol. The van der Waals surface area contributed by atoms with Gasteiger partial charge in [0.15, 0.2) is 0 Å². The van der Waals surface area contributed by atoms with E-state index in [-0.39, 0.29) is 12.1 Å². The van der Waals surface area contributed by atoms with Gasteiger partial charge in [0.2, 0.25) is 0 Å². The van der Waals surface area contributed by atoms with Crippen LogP contribution in [0.3, 0.4) is 0 Å². The van der Waals surface area contributed by atoms with E-state index in [1.807, 2.05) is 6.92 Å². The molecule has 1 aromatic carbocycles. The zero-order valence-corrected chi connectivity index (χ0v) is 11.3. The van der Waals surface area contributed by atoms with Gasteiger partial charge in [0.05, 0.1) is 12.2 Å². The van der Waals surface area contributed by atoms with Crippen LogP contribution in [0.2, 0.25) is 0 Å². The van der Waals surface area contributed by atoms with Crippen LogP contribution in [0.25, 0.3) is 0 Å². The summed E-state index contributed by atoms with van der Waals surface area (Å²) in [4.78, 5) is 24.4. The average Bonchev–Trinajstić information content (AvgIpc) is 2.39. The summed E-state index contributed by atoms with van der Waals surface area (Å²) in [5, 5.41) is 9.12. The molecule has 19 heavy (non-hydrogen) atoms. The van der Waals surface area contributed by atoms with E-state index in [1.54, 1.807) is 25.1 Å². The maximum Gasteiger partial charge on any atom is 0.410 e. The Morgan fingerprint density at radius 1 is 1.26 bits per heavy atom. The van der Waals surface area contributed by atoms with Crippen molar-refractivity contribution in [1.82, 2.24) is 4.90 Å². The fraction of sp³-hybridized carbons (Fsp3) is 0.429. The van der Waals surface area contributed by atoms with Crippen molar-refractivity contribution in [2.45, 2.75) is 26.8 Å². The highest BCUT2D eigenvalue weighted by Gasteiger charge is 2.17. The number of benzene rings is 1. The van der Waals surface area contributed by atoms with Gasteiger partial charge < -0.3 is 14.7 Å². The van der Waals surface area contributed by atoms with Crippen LogP contribution in [0.4, 0.5) is 4.79 Å². The Hall–Kier alpha value is -2.04. The molecule has 0 aliphatic carbocycles. The SMILES string of the molecule is CCCN(Cc1ccccc1C(=O)O)C(=O)OCC. The van der Waals surface area contributed by atoms with Gasteiger partial charge in [-0.25, -0.2) is 9.59 Å². The lowest BCUT2D eigenvalue weighted by Crippen LogP contribution is -2.32. The van der Waals surface area contributed by atoms with E-state index >= 15 is 0 Å². The van der Waals surface area contributed by atoms with E-state index in [9.17, 15) is 9.59 Å². The van der Waals surface area contributed by atoms with E-state index in [2.05, 4.69) is 0 Å². The van der Waals surface area contributed by atoms with Crippen LogP contribution in [0.5, 0.6) is 0 Å². The van der Waals surface area contributed by atoms with Gasteiger partial charge in [-0.1, -0.05) is 25.1 Å². The number of carboxylic acids is 1. The Kier molecular flexibility index (Phi) is 5.85. The average molecular weight is 265 g/mol. The second-order valence-electron chi connectivity index (χ2n) is 4.08. The molecule has 0 unspecified atom stereocenters. The standard InChI is InChI=1S/C14H19NO4/c1-3-9-15(14(18)19-4-2)10-11-7-5-6-8-12(11)13(16)17/h5-8H,3-4,9-10H2,1-2H3,(H,16,17). The van der Waals surface area contributed by atoms with Crippen molar-refractivity contribution in [2.24, 2.45) is 0 Å². The molecule has 0 spiro atoms. The number of carboxylic acid groups (broad SMARTS) is 1. The van der Waals surface area contributed by atoms with E-state index < -0.39 is 12.1 Å². The highest BCUT2D eigenvalue weighted by atomic mass is 16.6. The van der Waals surface area contributed by atoms with Gasteiger partial charge in [-0.2, -0.15) is 0 Å².